The maximum atomic E-state index is 10.7. The third-order valence-corrected chi connectivity index (χ3v) is 5.17. The van der Waals surface area contributed by atoms with Gasteiger partial charge in [-0.1, -0.05) is 34.8 Å². The number of non-ortho nitro benzene ring substituents is 1. The topological polar surface area (TPSA) is 117 Å². The minimum atomic E-state index is -0.420. The van der Waals surface area contributed by atoms with E-state index in [2.05, 4.69) is 25.6 Å². The number of nitrogens with zero attached hydrogens (tertiary/aromatic N) is 8. The molecule has 0 atom stereocenters. The number of fused-ring (bicyclic) bond motifs is 2. The number of hydrogen-bond donors (Lipinski definition) is 0. The Morgan fingerprint density at radius 3 is 2.69 bits per heavy atom. The van der Waals surface area contributed by atoms with Crippen molar-refractivity contribution >= 4 is 45.2 Å². The summed E-state index contributed by atoms with van der Waals surface area (Å²) in [5.74, 6) is 0.655. The van der Waals surface area contributed by atoms with Crippen LogP contribution in [0.5, 0.6) is 0 Å². The van der Waals surface area contributed by atoms with E-state index in [1.807, 2.05) is 36.4 Å². The van der Waals surface area contributed by atoms with Crippen molar-refractivity contribution in [1.29, 1.82) is 0 Å². The van der Waals surface area contributed by atoms with Gasteiger partial charge in [-0.15, -0.1) is 15.3 Å². The molecule has 0 amide bonds. The maximum absolute atomic E-state index is 10.7. The highest BCUT2D eigenvalue weighted by Crippen LogP contribution is 2.19. The molecule has 5 rings (SSSR count). The van der Waals surface area contributed by atoms with E-state index in [0.717, 1.165) is 21.6 Å². The van der Waals surface area contributed by atoms with Gasteiger partial charge >= 0.3 is 0 Å². The van der Waals surface area contributed by atoms with Crippen LogP contribution in [-0.4, -0.2) is 39.7 Å². The first-order valence-corrected chi connectivity index (χ1v) is 9.41. The quantitative estimate of drug-likeness (QED) is 0.326. The number of para-hydroxylation sites is 1. The van der Waals surface area contributed by atoms with Crippen LogP contribution in [0.25, 0.3) is 28.1 Å². The van der Waals surface area contributed by atoms with Gasteiger partial charge in [-0.05, 0) is 35.9 Å². The largest absolute Gasteiger partial charge is 0.269 e. The summed E-state index contributed by atoms with van der Waals surface area (Å²) in [7, 11) is 0. The van der Waals surface area contributed by atoms with Crippen LogP contribution < -0.4 is 0 Å². The molecule has 0 aliphatic heterocycles. The molecule has 0 bridgehead atoms. The van der Waals surface area contributed by atoms with Crippen molar-refractivity contribution < 1.29 is 4.92 Å². The molecule has 0 aliphatic rings. The van der Waals surface area contributed by atoms with Crippen molar-refractivity contribution in [3.05, 3.63) is 75.0 Å². The molecule has 0 aliphatic carbocycles. The van der Waals surface area contributed by atoms with Crippen molar-refractivity contribution in [1.82, 2.24) is 34.8 Å². The van der Waals surface area contributed by atoms with Crippen molar-refractivity contribution in [2.24, 2.45) is 0 Å². The zero-order valence-electron chi connectivity index (χ0n) is 14.8. The molecule has 3 aromatic heterocycles. The summed E-state index contributed by atoms with van der Waals surface area (Å²) in [5, 5.41) is 32.7. The second kappa shape index (κ2) is 6.87. The molecule has 0 spiro atoms. The Hall–Kier alpha value is -3.99. The van der Waals surface area contributed by atoms with Crippen molar-refractivity contribution in [3.8, 4) is 0 Å². The molecular formula is C18H12N8O2S. The lowest BCUT2D eigenvalue weighted by molar-refractivity contribution is -0.384. The zero-order valence-corrected chi connectivity index (χ0v) is 15.6. The molecule has 142 valence electrons. The van der Waals surface area contributed by atoms with Crippen molar-refractivity contribution in [3.63, 3.8) is 0 Å². The van der Waals surface area contributed by atoms with E-state index in [0.29, 0.717) is 17.3 Å². The van der Waals surface area contributed by atoms with E-state index in [4.69, 9.17) is 0 Å². The van der Waals surface area contributed by atoms with Crippen LogP contribution in [0, 0.1) is 10.1 Å². The monoisotopic (exact) mass is 404 g/mol. The van der Waals surface area contributed by atoms with Crippen LogP contribution in [0.3, 0.4) is 0 Å². The van der Waals surface area contributed by atoms with Gasteiger partial charge < -0.3 is 0 Å². The lowest BCUT2D eigenvalue weighted by Crippen LogP contribution is -2.06. The summed E-state index contributed by atoms with van der Waals surface area (Å²) in [6.07, 6.45) is 3.69. The molecule has 10 nitrogen and oxygen atoms in total. The molecule has 0 unspecified atom stereocenters. The lowest BCUT2D eigenvalue weighted by atomic mass is 10.2. The molecule has 0 N–H and O–H groups in total. The van der Waals surface area contributed by atoms with E-state index in [-0.39, 0.29) is 5.69 Å². The highest BCUT2D eigenvalue weighted by atomic mass is 32.1. The summed E-state index contributed by atoms with van der Waals surface area (Å²) < 4.78 is 3.45. The first kappa shape index (κ1) is 17.1. The standard InChI is InChI=1S/C18H12N8O2S/c27-26(28)13-8-5-12(6-9-13)7-10-17-22-25-16(20-21-18(25)29-17)11-24-15-4-2-1-3-14(15)19-23-24/h1-10H,11H2/b10-7+. The SMILES string of the molecule is O=[N+]([O-])c1ccc(/C=C/c2nn3c(Cn4nnc5ccccc54)nnc3s2)cc1. The summed E-state index contributed by atoms with van der Waals surface area (Å²) in [6, 6.07) is 14.0. The Bertz CT molecular complexity index is 1370. The normalized spacial score (nSPS) is 11.7. The highest BCUT2D eigenvalue weighted by Gasteiger charge is 2.13. The fourth-order valence-electron chi connectivity index (χ4n) is 2.88. The maximum Gasteiger partial charge on any atom is 0.269 e. The summed E-state index contributed by atoms with van der Waals surface area (Å²) in [4.78, 5) is 11.0. The van der Waals surface area contributed by atoms with Gasteiger partial charge in [0, 0.05) is 12.1 Å². The molecule has 5 aromatic rings. The smallest absolute Gasteiger partial charge is 0.258 e. The molecular weight excluding hydrogens is 392 g/mol. The van der Waals surface area contributed by atoms with Gasteiger partial charge in [0.15, 0.2) is 5.82 Å². The molecule has 11 heteroatoms. The summed E-state index contributed by atoms with van der Waals surface area (Å²) >= 11 is 1.40. The van der Waals surface area contributed by atoms with Gasteiger partial charge in [-0.3, -0.25) is 10.1 Å². The molecule has 0 saturated carbocycles. The Balaban J connectivity index is 1.40. The summed E-state index contributed by atoms with van der Waals surface area (Å²) in [6.45, 7) is 0.400. The minimum Gasteiger partial charge on any atom is -0.258 e. The van der Waals surface area contributed by atoms with Gasteiger partial charge in [-0.25, -0.2) is 4.68 Å². The molecule has 0 saturated heterocycles. The molecule has 0 radical (unpaired) electrons. The third kappa shape index (κ3) is 3.23. The number of aromatic nitrogens is 7. The number of rotatable bonds is 5. The van der Waals surface area contributed by atoms with E-state index in [1.165, 1.54) is 23.5 Å². The Morgan fingerprint density at radius 2 is 1.86 bits per heavy atom. The Labute approximate surface area is 166 Å². The van der Waals surface area contributed by atoms with Crippen LogP contribution in [0.4, 0.5) is 5.69 Å². The average molecular weight is 404 g/mol. The highest BCUT2D eigenvalue weighted by molar-refractivity contribution is 7.17. The molecule has 0 fully saturated rings. The van der Waals surface area contributed by atoms with Gasteiger partial charge in [0.2, 0.25) is 4.96 Å². The average Bonchev–Trinajstić information content (AvgIpc) is 3.43. The van der Waals surface area contributed by atoms with Gasteiger partial charge in [0.1, 0.15) is 17.1 Å². The molecule has 29 heavy (non-hydrogen) atoms. The van der Waals surface area contributed by atoms with E-state index < -0.39 is 4.92 Å². The predicted molar refractivity (Wildman–Crippen MR) is 107 cm³/mol. The molecule has 3 heterocycles. The minimum absolute atomic E-state index is 0.0613. The van der Waals surface area contributed by atoms with Gasteiger partial charge in [0.05, 0.1) is 10.4 Å². The van der Waals surface area contributed by atoms with Gasteiger partial charge in [0.25, 0.3) is 5.69 Å². The third-order valence-electron chi connectivity index (χ3n) is 4.30. The first-order chi connectivity index (χ1) is 14.2. The first-order valence-electron chi connectivity index (χ1n) is 8.59. The number of hydrogen-bond acceptors (Lipinski definition) is 8. The summed E-state index contributed by atoms with van der Waals surface area (Å²) in [5.41, 5.74) is 2.64. The fourth-order valence-corrected chi connectivity index (χ4v) is 3.64. The number of nitro groups is 1. The molecule has 2 aromatic carbocycles. The van der Waals surface area contributed by atoms with E-state index in [9.17, 15) is 10.1 Å². The van der Waals surface area contributed by atoms with Crippen LogP contribution in [-0.2, 0) is 6.54 Å². The van der Waals surface area contributed by atoms with Crippen LogP contribution >= 0.6 is 11.3 Å². The van der Waals surface area contributed by atoms with E-state index >= 15 is 0 Å². The van der Waals surface area contributed by atoms with E-state index in [1.54, 1.807) is 21.3 Å². The van der Waals surface area contributed by atoms with Crippen LogP contribution in [0.15, 0.2) is 48.5 Å². The van der Waals surface area contributed by atoms with Gasteiger partial charge in [-0.2, -0.15) is 9.61 Å². The second-order valence-electron chi connectivity index (χ2n) is 6.17. The number of benzene rings is 2. The van der Waals surface area contributed by atoms with Crippen LogP contribution in [0.2, 0.25) is 0 Å². The lowest BCUT2D eigenvalue weighted by Gasteiger charge is -1.98. The zero-order chi connectivity index (χ0) is 19.8. The Kier molecular flexibility index (Phi) is 4.06. The number of nitro benzene ring substituents is 1. The second-order valence-corrected chi connectivity index (χ2v) is 7.16. The van der Waals surface area contributed by atoms with Crippen LogP contribution in [0.1, 0.15) is 16.4 Å². The Morgan fingerprint density at radius 1 is 1.03 bits per heavy atom. The fraction of sp³-hybridized carbons (Fsp3) is 0.0556. The van der Waals surface area contributed by atoms with Crippen molar-refractivity contribution in [2.45, 2.75) is 6.54 Å². The predicted octanol–water partition coefficient (Wildman–Crippen LogP) is 3.06. The van der Waals surface area contributed by atoms with Crippen molar-refractivity contribution in [2.75, 3.05) is 0 Å².